The largest absolute Gasteiger partial charge is 0.0616 e. The molecule has 8 aromatic rings. The van der Waals surface area contributed by atoms with Gasteiger partial charge in [0.15, 0.2) is 0 Å². The molecule has 0 heteroatoms. The maximum Gasteiger partial charge on any atom is 0.0406 e. The molecule has 0 amide bonds. The van der Waals surface area contributed by atoms with Crippen molar-refractivity contribution in [1.29, 1.82) is 0 Å². The Morgan fingerprint density at radius 3 is 0.826 bits per heavy atom. The number of aryl methyl sites for hydroxylation is 2. The van der Waals surface area contributed by atoms with Crippen LogP contribution in [0.4, 0.5) is 0 Å². The van der Waals surface area contributed by atoms with Crippen LogP contribution in [0.5, 0.6) is 0 Å². The van der Waals surface area contributed by atoms with Crippen molar-refractivity contribution in [3.05, 3.63) is 179 Å². The number of hydrogen-bond acceptors (Lipinski definition) is 0. The monoisotopic (exact) mass is 582 g/mol. The van der Waals surface area contributed by atoms with E-state index >= 15 is 0 Å². The van der Waals surface area contributed by atoms with Gasteiger partial charge in [0, 0.05) is 22.3 Å². The molecule has 0 aromatic heterocycles. The first kappa shape index (κ1) is 27.5. The second-order valence-corrected chi connectivity index (χ2v) is 11.9. The summed E-state index contributed by atoms with van der Waals surface area (Å²) in [7, 11) is 0. The second kappa shape index (κ2) is 11.4. The van der Waals surface area contributed by atoms with Gasteiger partial charge in [-0.3, -0.25) is 0 Å². The van der Waals surface area contributed by atoms with Crippen molar-refractivity contribution in [2.45, 2.75) is 13.8 Å². The van der Waals surface area contributed by atoms with Crippen LogP contribution in [0.1, 0.15) is 33.4 Å². The first-order valence-corrected chi connectivity index (χ1v) is 15.7. The van der Waals surface area contributed by atoms with E-state index in [1.165, 1.54) is 43.8 Å². The lowest BCUT2D eigenvalue weighted by molar-refractivity contribution is 1.46. The summed E-state index contributed by atoms with van der Waals surface area (Å²) < 4.78 is 0. The van der Waals surface area contributed by atoms with Gasteiger partial charge in [0.25, 0.3) is 0 Å². The highest BCUT2D eigenvalue weighted by atomic mass is 14.2. The molecule has 0 heterocycles. The number of fused-ring (bicyclic) bond motifs is 4. The van der Waals surface area contributed by atoms with E-state index < -0.39 is 0 Å². The molecule has 214 valence electrons. The molecule has 0 saturated carbocycles. The van der Waals surface area contributed by atoms with Gasteiger partial charge in [-0.15, -0.1) is 0 Å². The van der Waals surface area contributed by atoms with Crippen molar-refractivity contribution >= 4 is 43.1 Å². The van der Waals surface area contributed by atoms with Gasteiger partial charge in [0.1, 0.15) is 0 Å². The second-order valence-electron chi connectivity index (χ2n) is 11.9. The van der Waals surface area contributed by atoms with Crippen LogP contribution in [-0.4, -0.2) is 0 Å². The molecule has 0 radical (unpaired) electrons. The van der Waals surface area contributed by atoms with Crippen LogP contribution < -0.4 is 0 Å². The Labute approximate surface area is 270 Å². The Morgan fingerprint density at radius 1 is 0.283 bits per heavy atom. The average Bonchev–Trinajstić information content (AvgIpc) is 3.10. The number of hydrogen-bond donors (Lipinski definition) is 0. The zero-order chi connectivity index (χ0) is 31.0. The molecule has 0 nitrogen and oxygen atoms in total. The van der Waals surface area contributed by atoms with Gasteiger partial charge in [-0.1, -0.05) is 156 Å². The topological polar surface area (TPSA) is 0 Å². The van der Waals surface area contributed by atoms with Gasteiger partial charge >= 0.3 is 0 Å². The molecule has 8 rings (SSSR count). The maximum absolute atomic E-state index is 3.60. The van der Waals surface area contributed by atoms with Crippen LogP contribution in [0.25, 0.3) is 54.2 Å². The summed E-state index contributed by atoms with van der Waals surface area (Å²) >= 11 is 0. The van der Waals surface area contributed by atoms with Crippen molar-refractivity contribution < 1.29 is 0 Å². The predicted molar refractivity (Wildman–Crippen MR) is 196 cm³/mol. The quantitative estimate of drug-likeness (QED) is 0.133. The Morgan fingerprint density at radius 2 is 0.543 bits per heavy atom. The third-order valence-electron chi connectivity index (χ3n) is 8.88. The highest BCUT2D eigenvalue weighted by Crippen LogP contribution is 2.46. The minimum atomic E-state index is 1.02. The van der Waals surface area contributed by atoms with Crippen LogP contribution in [0.15, 0.2) is 146 Å². The van der Waals surface area contributed by atoms with Crippen molar-refractivity contribution in [3.8, 4) is 34.8 Å². The van der Waals surface area contributed by atoms with Crippen LogP contribution in [-0.2, 0) is 0 Å². The SMILES string of the molecule is Cc1ccc(C#Cc2c3ccccc3c(-c3c4ccccc4c(C#Cc4ccc(C)cc4)c4ccccc34)c3ccccc23)cc1. The van der Waals surface area contributed by atoms with Gasteiger partial charge in [0.2, 0.25) is 0 Å². The molecule has 0 bridgehead atoms. The molecule has 0 N–H and O–H groups in total. The van der Waals surface area contributed by atoms with E-state index in [0.29, 0.717) is 0 Å². The minimum Gasteiger partial charge on any atom is -0.0616 e. The summed E-state index contributed by atoms with van der Waals surface area (Å²) in [6.45, 7) is 4.21. The Kier molecular flexibility index (Phi) is 6.84. The summed E-state index contributed by atoms with van der Waals surface area (Å²) in [6, 6.07) is 51.8. The fourth-order valence-electron chi connectivity index (χ4n) is 6.61. The normalized spacial score (nSPS) is 10.9. The summed E-state index contributed by atoms with van der Waals surface area (Å²) in [4.78, 5) is 0. The van der Waals surface area contributed by atoms with Crippen molar-refractivity contribution in [1.82, 2.24) is 0 Å². The summed E-state index contributed by atoms with van der Waals surface area (Å²) in [5, 5.41) is 9.43. The van der Waals surface area contributed by atoms with Crippen molar-refractivity contribution in [3.63, 3.8) is 0 Å². The molecule has 0 unspecified atom stereocenters. The van der Waals surface area contributed by atoms with E-state index in [1.54, 1.807) is 0 Å². The molecule has 0 aliphatic heterocycles. The van der Waals surface area contributed by atoms with Crippen LogP contribution in [0.3, 0.4) is 0 Å². The minimum absolute atomic E-state index is 1.02. The Balaban J connectivity index is 1.47. The lowest BCUT2D eigenvalue weighted by Crippen LogP contribution is -1.94. The summed E-state index contributed by atoms with van der Waals surface area (Å²) in [6.07, 6.45) is 0. The molecule has 46 heavy (non-hydrogen) atoms. The zero-order valence-corrected chi connectivity index (χ0v) is 25.9. The molecule has 0 aliphatic rings. The predicted octanol–water partition coefficient (Wildman–Crippen LogP) is 11.4. The molecular formula is C46H30. The van der Waals surface area contributed by atoms with Gasteiger partial charge in [-0.2, -0.15) is 0 Å². The number of benzene rings is 8. The van der Waals surface area contributed by atoms with Crippen LogP contribution >= 0.6 is 0 Å². The van der Waals surface area contributed by atoms with E-state index in [2.05, 4.69) is 183 Å². The van der Waals surface area contributed by atoms with Gasteiger partial charge < -0.3 is 0 Å². The molecule has 0 atom stereocenters. The highest BCUT2D eigenvalue weighted by molar-refractivity contribution is 6.26. The Hall–Kier alpha value is -6.08. The highest BCUT2D eigenvalue weighted by Gasteiger charge is 2.20. The lowest BCUT2D eigenvalue weighted by atomic mass is 9.83. The van der Waals surface area contributed by atoms with E-state index in [4.69, 9.17) is 0 Å². The molecule has 0 spiro atoms. The average molecular weight is 583 g/mol. The van der Waals surface area contributed by atoms with E-state index in [1.807, 2.05) is 0 Å². The smallest absolute Gasteiger partial charge is 0.0406 e. The van der Waals surface area contributed by atoms with Crippen LogP contribution in [0.2, 0.25) is 0 Å². The third-order valence-corrected chi connectivity index (χ3v) is 8.88. The molecule has 0 saturated heterocycles. The van der Waals surface area contributed by atoms with Gasteiger partial charge in [-0.05, 0) is 92.3 Å². The molecule has 8 aromatic carbocycles. The van der Waals surface area contributed by atoms with Gasteiger partial charge in [0.05, 0.1) is 0 Å². The summed E-state index contributed by atoms with van der Waals surface area (Å²) in [5.74, 6) is 14.1. The lowest BCUT2D eigenvalue weighted by Gasteiger charge is -2.19. The zero-order valence-electron chi connectivity index (χ0n) is 25.9. The maximum atomic E-state index is 3.60. The molecule has 0 aliphatic carbocycles. The fourth-order valence-corrected chi connectivity index (χ4v) is 6.61. The van der Waals surface area contributed by atoms with E-state index in [9.17, 15) is 0 Å². The molecular weight excluding hydrogens is 553 g/mol. The van der Waals surface area contributed by atoms with Crippen molar-refractivity contribution in [2.24, 2.45) is 0 Å². The Bertz CT molecular complexity index is 2280. The van der Waals surface area contributed by atoms with E-state index in [-0.39, 0.29) is 0 Å². The first-order chi connectivity index (χ1) is 22.7. The van der Waals surface area contributed by atoms with Crippen molar-refractivity contribution in [2.75, 3.05) is 0 Å². The van der Waals surface area contributed by atoms with Crippen LogP contribution in [0, 0.1) is 37.5 Å². The summed E-state index contributed by atoms with van der Waals surface area (Å²) in [5.41, 5.74) is 9.09. The third kappa shape index (κ3) is 4.79. The standard InChI is InChI=1S/C46H30/c1-31-19-23-33(24-20-31)27-29-39-35-11-3-7-15-41(35)45(42-16-8-4-12-36(39)42)46-43-17-9-5-13-37(43)40(38-14-6-10-18-44(38)46)30-28-34-25-21-32(2)22-26-34/h3-26H,1-2H3. The number of rotatable bonds is 1. The fraction of sp³-hybridized carbons (Fsp3) is 0.0435. The molecule has 0 fully saturated rings. The first-order valence-electron chi connectivity index (χ1n) is 15.7. The van der Waals surface area contributed by atoms with Gasteiger partial charge in [-0.25, -0.2) is 0 Å². The van der Waals surface area contributed by atoms with E-state index in [0.717, 1.165) is 43.8 Å².